The van der Waals surface area contributed by atoms with Gasteiger partial charge in [-0.25, -0.2) is 0 Å². The number of para-hydroxylation sites is 1. The van der Waals surface area contributed by atoms with Crippen molar-refractivity contribution in [2.45, 2.75) is 39.2 Å². The molecule has 25 heavy (non-hydrogen) atoms. The van der Waals surface area contributed by atoms with Crippen molar-refractivity contribution in [3.05, 3.63) is 65.7 Å². The minimum atomic E-state index is 0.0673. The van der Waals surface area contributed by atoms with Crippen LogP contribution in [0, 0.1) is 5.92 Å². The molecule has 2 aromatic rings. The second kappa shape index (κ2) is 8.30. The second-order valence-electron chi connectivity index (χ2n) is 7.29. The predicted molar refractivity (Wildman–Crippen MR) is 104 cm³/mol. The minimum absolute atomic E-state index is 0.0673. The maximum absolute atomic E-state index is 12.8. The second-order valence-corrected chi connectivity index (χ2v) is 7.29. The summed E-state index contributed by atoms with van der Waals surface area (Å²) in [7, 11) is 0. The highest BCUT2D eigenvalue weighted by Gasteiger charge is 2.26. The average molecular weight is 336 g/mol. The summed E-state index contributed by atoms with van der Waals surface area (Å²) < 4.78 is 0. The fourth-order valence-electron chi connectivity index (χ4n) is 3.60. The van der Waals surface area contributed by atoms with E-state index in [4.69, 9.17) is 0 Å². The average Bonchev–Trinajstić information content (AvgIpc) is 2.63. The van der Waals surface area contributed by atoms with Crippen molar-refractivity contribution < 1.29 is 4.79 Å². The largest absolute Gasteiger partial charge is 0.326 e. The van der Waals surface area contributed by atoms with Gasteiger partial charge in [-0.3, -0.25) is 9.69 Å². The van der Waals surface area contributed by atoms with Crippen molar-refractivity contribution in [1.82, 2.24) is 4.90 Å². The van der Waals surface area contributed by atoms with Crippen molar-refractivity contribution in [1.29, 1.82) is 0 Å². The molecular formula is C22H28N2O. The van der Waals surface area contributed by atoms with Crippen LogP contribution >= 0.6 is 0 Å². The van der Waals surface area contributed by atoms with Gasteiger partial charge >= 0.3 is 0 Å². The molecule has 132 valence electrons. The van der Waals surface area contributed by atoms with Gasteiger partial charge in [-0.15, -0.1) is 0 Å². The standard InChI is InChI=1S/C22H28N2O/c1-17(2)20-12-6-7-13-21(20)23-22(25)19-11-8-14-24(16-19)15-18-9-4-3-5-10-18/h3-7,9-10,12-13,17,19H,8,11,14-16H2,1-2H3,(H,23,25). The third-order valence-electron chi connectivity index (χ3n) is 4.97. The van der Waals surface area contributed by atoms with E-state index in [2.05, 4.69) is 54.4 Å². The van der Waals surface area contributed by atoms with Crippen LogP contribution in [0.4, 0.5) is 5.69 Å². The Morgan fingerprint density at radius 2 is 1.84 bits per heavy atom. The molecule has 0 aliphatic carbocycles. The maximum Gasteiger partial charge on any atom is 0.228 e. The molecular weight excluding hydrogens is 308 g/mol. The number of carbonyl (C=O) groups excluding carboxylic acids is 1. The molecule has 1 heterocycles. The Morgan fingerprint density at radius 3 is 2.60 bits per heavy atom. The van der Waals surface area contributed by atoms with E-state index in [1.165, 1.54) is 11.1 Å². The Kier molecular flexibility index (Phi) is 5.87. The monoisotopic (exact) mass is 336 g/mol. The molecule has 1 unspecified atom stereocenters. The van der Waals surface area contributed by atoms with Crippen LogP contribution in [-0.4, -0.2) is 23.9 Å². The molecule has 3 rings (SSSR count). The zero-order chi connectivity index (χ0) is 17.6. The van der Waals surface area contributed by atoms with E-state index in [0.29, 0.717) is 5.92 Å². The van der Waals surface area contributed by atoms with Gasteiger partial charge in [0.2, 0.25) is 5.91 Å². The third-order valence-corrected chi connectivity index (χ3v) is 4.97. The molecule has 1 amide bonds. The lowest BCUT2D eigenvalue weighted by Gasteiger charge is -2.32. The molecule has 0 saturated carbocycles. The lowest BCUT2D eigenvalue weighted by molar-refractivity contribution is -0.121. The number of piperidine rings is 1. The highest BCUT2D eigenvalue weighted by atomic mass is 16.1. The molecule has 3 nitrogen and oxygen atoms in total. The van der Waals surface area contributed by atoms with Crippen LogP contribution in [0.15, 0.2) is 54.6 Å². The number of hydrogen-bond donors (Lipinski definition) is 1. The molecule has 1 N–H and O–H groups in total. The zero-order valence-electron chi connectivity index (χ0n) is 15.2. The van der Waals surface area contributed by atoms with Crippen LogP contribution < -0.4 is 5.32 Å². The SMILES string of the molecule is CC(C)c1ccccc1NC(=O)C1CCCN(Cc2ccccc2)C1. The molecule has 1 atom stereocenters. The molecule has 0 bridgehead atoms. The molecule has 1 fully saturated rings. The number of nitrogens with one attached hydrogen (secondary N) is 1. The Balaban J connectivity index is 1.62. The van der Waals surface area contributed by atoms with E-state index in [0.717, 1.165) is 38.2 Å². The summed E-state index contributed by atoms with van der Waals surface area (Å²) in [6.45, 7) is 7.15. The summed E-state index contributed by atoms with van der Waals surface area (Å²) in [5, 5.41) is 3.18. The smallest absolute Gasteiger partial charge is 0.228 e. The number of nitrogens with zero attached hydrogens (tertiary/aromatic N) is 1. The van der Waals surface area contributed by atoms with Crippen molar-refractivity contribution in [2.75, 3.05) is 18.4 Å². The molecule has 1 saturated heterocycles. The van der Waals surface area contributed by atoms with Gasteiger partial charge in [0.15, 0.2) is 0 Å². The number of likely N-dealkylation sites (tertiary alicyclic amines) is 1. The van der Waals surface area contributed by atoms with Gasteiger partial charge in [0.1, 0.15) is 0 Å². The van der Waals surface area contributed by atoms with Gasteiger partial charge in [-0.05, 0) is 42.5 Å². The highest BCUT2D eigenvalue weighted by Crippen LogP contribution is 2.26. The van der Waals surface area contributed by atoms with E-state index in [-0.39, 0.29) is 11.8 Å². The summed E-state index contributed by atoms with van der Waals surface area (Å²) in [6.07, 6.45) is 2.05. The van der Waals surface area contributed by atoms with Crippen molar-refractivity contribution in [2.24, 2.45) is 5.92 Å². The fourth-order valence-corrected chi connectivity index (χ4v) is 3.60. The molecule has 1 aliphatic rings. The first-order valence-corrected chi connectivity index (χ1v) is 9.29. The normalized spacial score (nSPS) is 18.3. The van der Waals surface area contributed by atoms with Crippen molar-refractivity contribution >= 4 is 11.6 Å². The molecule has 0 spiro atoms. The Morgan fingerprint density at radius 1 is 1.12 bits per heavy atom. The number of anilines is 1. The first kappa shape index (κ1) is 17.7. The summed E-state index contributed by atoms with van der Waals surface area (Å²) in [5.74, 6) is 0.626. The van der Waals surface area contributed by atoms with Crippen LogP contribution in [0.5, 0.6) is 0 Å². The first-order chi connectivity index (χ1) is 12.1. The summed E-state index contributed by atoms with van der Waals surface area (Å²) in [5.41, 5.74) is 3.48. The highest BCUT2D eigenvalue weighted by molar-refractivity contribution is 5.93. The zero-order valence-corrected chi connectivity index (χ0v) is 15.2. The number of hydrogen-bond acceptors (Lipinski definition) is 2. The minimum Gasteiger partial charge on any atom is -0.326 e. The lowest BCUT2D eigenvalue weighted by atomic mass is 9.95. The third kappa shape index (κ3) is 4.70. The fraction of sp³-hybridized carbons (Fsp3) is 0.409. The molecule has 3 heteroatoms. The Labute approximate surface area is 151 Å². The first-order valence-electron chi connectivity index (χ1n) is 9.29. The van der Waals surface area contributed by atoms with Crippen LogP contribution in [0.2, 0.25) is 0 Å². The van der Waals surface area contributed by atoms with E-state index < -0.39 is 0 Å². The van der Waals surface area contributed by atoms with Gasteiger partial charge < -0.3 is 5.32 Å². The van der Waals surface area contributed by atoms with E-state index in [1.54, 1.807) is 0 Å². The summed E-state index contributed by atoms with van der Waals surface area (Å²) in [4.78, 5) is 15.2. The van der Waals surface area contributed by atoms with Crippen LogP contribution in [0.1, 0.15) is 43.7 Å². The van der Waals surface area contributed by atoms with Crippen molar-refractivity contribution in [3.63, 3.8) is 0 Å². The van der Waals surface area contributed by atoms with Gasteiger partial charge in [0.05, 0.1) is 5.92 Å². The Bertz CT molecular complexity index is 696. The maximum atomic E-state index is 12.8. The van der Waals surface area contributed by atoms with Crippen LogP contribution in [0.25, 0.3) is 0 Å². The predicted octanol–water partition coefficient (Wildman–Crippen LogP) is 4.66. The quantitative estimate of drug-likeness (QED) is 0.861. The molecule has 2 aromatic carbocycles. The van der Waals surface area contributed by atoms with E-state index >= 15 is 0 Å². The van der Waals surface area contributed by atoms with Gasteiger partial charge in [-0.1, -0.05) is 62.4 Å². The Hall–Kier alpha value is -2.13. The number of benzene rings is 2. The summed E-state index contributed by atoms with van der Waals surface area (Å²) >= 11 is 0. The van der Waals surface area contributed by atoms with Crippen LogP contribution in [0.3, 0.4) is 0 Å². The van der Waals surface area contributed by atoms with Crippen LogP contribution in [-0.2, 0) is 11.3 Å². The molecule has 0 radical (unpaired) electrons. The van der Waals surface area contributed by atoms with Gasteiger partial charge in [0.25, 0.3) is 0 Å². The number of carbonyl (C=O) groups is 1. The van der Waals surface area contributed by atoms with Gasteiger partial charge in [0, 0.05) is 18.8 Å². The summed E-state index contributed by atoms with van der Waals surface area (Å²) in [6, 6.07) is 18.6. The van der Waals surface area contributed by atoms with Gasteiger partial charge in [-0.2, -0.15) is 0 Å². The number of rotatable bonds is 5. The van der Waals surface area contributed by atoms with E-state index in [1.807, 2.05) is 24.3 Å². The topological polar surface area (TPSA) is 32.3 Å². The van der Waals surface area contributed by atoms with Crippen molar-refractivity contribution in [3.8, 4) is 0 Å². The number of amides is 1. The lowest BCUT2D eigenvalue weighted by Crippen LogP contribution is -2.40. The molecule has 0 aromatic heterocycles. The molecule has 1 aliphatic heterocycles. The van der Waals surface area contributed by atoms with E-state index in [9.17, 15) is 4.79 Å².